The van der Waals surface area contributed by atoms with Crippen LogP contribution in [0.1, 0.15) is 44.1 Å². The third-order valence-electron chi connectivity index (χ3n) is 4.76. The molecule has 1 atom stereocenters. The molecule has 1 aliphatic carbocycles. The maximum Gasteiger partial charge on any atom is 0.314 e. The van der Waals surface area contributed by atoms with Crippen LogP contribution in [0.25, 0.3) is 0 Å². The fraction of sp³-hybridized carbons (Fsp3) is 0.588. The second-order valence-corrected chi connectivity index (χ2v) is 7.75. The number of carbonyl (C=O) groups is 1. The van der Waals surface area contributed by atoms with E-state index in [0.29, 0.717) is 23.6 Å². The molecule has 1 saturated heterocycles. The summed E-state index contributed by atoms with van der Waals surface area (Å²) in [5.41, 5.74) is 0.0518. The van der Waals surface area contributed by atoms with Crippen LogP contribution in [0.15, 0.2) is 18.2 Å². The minimum atomic E-state index is -0.761. The van der Waals surface area contributed by atoms with E-state index < -0.39 is 11.4 Å². The van der Waals surface area contributed by atoms with E-state index in [1.54, 1.807) is 6.07 Å². The molecule has 1 unspecified atom stereocenters. The van der Waals surface area contributed by atoms with Crippen LogP contribution in [-0.2, 0) is 10.2 Å². The standard InChI is InChI=1S/C17H21ClO3S/c18-14-10-12(17(16(19)20)7-1-2-8-17)5-6-15(14)21-13-4-3-9-22-11-13/h5-6,10,13H,1-4,7-9,11H2,(H,19,20). The zero-order chi connectivity index (χ0) is 15.6. The van der Waals surface area contributed by atoms with Gasteiger partial charge in [-0.25, -0.2) is 0 Å². The van der Waals surface area contributed by atoms with Crippen LogP contribution in [0.2, 0.25) is 5.02 Å². The van der Waals surface area contributed by atoms with Crippen LogP contribution in [0.3, 0.4) is 0 Å². The normalized spacial score (nSPS) is 24.1. The highest BCUT2D eigenvalue weighted by molar-refractivity contribution is 7.99. The molecule has 0 spiro atoms. The van der Waals surface area contributed by atoms with Gasteiger partial charge in [-0.15, -0.1) is 0 Å². The lowest BCUT2D eigenvalue weighted by Crippen LogP contribution is -2.32. The quantitative estimate of drug-likeness (QED) is 0.875. The molecule has 0 radical (unpaired) electrons. The van der Waals surface area contributed by atoms with Gasteiger partial charge in [0.15, 0.2) is 0 Å². The molecule has 120 valence electrons. The van der Waals surface area contributed by atoms with Crippen LogP contribution in [-0.4, -0.2) is 28.7 Å². The average molecular weight is 341 g/mol. The second-order valence-electron chi connectivity index (χ2n) is 6.20. The summed E-state index contributed by atoms with van der Waals surface area (Å²) in [6.07, 6.45) is 5.75. The Balaban J connectivity index is 1.80. The molecule has 1 aromatic rings. The second kappa shape index (κ2) is 6.71. The SMILES string of the molecule is O=C(O)C1(c2ccc(OC3CCCSC3)c(Cl)c2)CCCC1. The molecular weight excluding hydrogens is 320 g/mol. The summed E-state index contributed by atoms with van der Waals surface area (Å²) in [6.45, 7) is 0. The number of hydrogen-bond donors (Lipinski definition) is 1. The molecule has 1 aliphatic heterocycles. The number of aliphatic carboxylic acids is 1. The van der Waals surface area contributed by atoms with Crippen molar-refractivity contribution in [2.75, 3.05) is 11.5 Å². The van der Waals surface area contributed by atoms with Gasteiger partial charge in [0.2, 0.25) is 0 Å². The first-order valence-electron chi connectivity index (χ1n) is 7.90. The summed E-state index contributed by atoms with van der Waals surface area (Å²) in [6, 6.07) is 5.53. The maximum atomic E-state index is 11.8. The van der Waals surface area contributed by atoms with Crippen LogP contribution < -0.4 is 4.74 Å². The number of thioether (sulfide) groups is 1. The largest absolute Gasteiger partial charge is 0.488 e. The van der Waals surface area contributed by atoms with Gasteiger partial charge in [0, 0.05) is 5.75 Å². The summed E-state index contributed by atoms with van der Waals surface area (Å²) in [7, 11) is 0. The number of rotatable bonds is 4. The van der Waals surface area contributed by atoms with E-state index >= 15 is 0 Å². The molecule has 1 heterocycles. The molecule has 1 aromatic carbocycles. The van der Waals surface area contributed by atoms with Gasteiger partial charge in [-0.3, -0.25) is 4.79 Å². The van der Waals surface area contributed by atoms with Crippen LogP contribution in [0.5, 0.6) is 5.75 Å². The molecule has 1 saturated carbocycles. The third-order valence-corrected chi connectivity index (χ3v) is 6.24. The summed E-state index contributed by atoms with van der Waals surface area (Å²) in [5, 5.41) is 10.2. The molecule has 22 heavy (non-hydrogen) atoms. The molecule has 0 amide bonds. The molecule has 3 rings (SSSR count). The highest BCUT2D eigenvalue weighted by atomic mass is 35.5. The van der Waals surface area contributed by atoms with Crippen molar-refractivity contribution in [3.05, 3.63) is 28.8 Å². The predicted molar refractivity (Wildman–Crippen MR) is 90.2 cm³/mol. The monoisotopic (exact) mass is 340 g/mol. The van der Waals surface area contributed by atoms with Crippen molar-refractivity contribution in [1.29, 1.82) is 0 Å². The summed E-state index contributed by atoms with van der Waals surface area (Å²) in [4.78, 5) is 11.8. The molecule has 5 heteroatoms. The molecule has 3 nitrogen and oxygen atoms in total. The third kappa shape index (κ3) is 3.09. The fourth-order valence-corrected chi connectivity index (χ4v) is 4.74. The number of carboxylic acids is 1. The molecule has 1 N–H and O–H groups in total. The maximum absolute atomic E-state index is 11.8. The van der Waals surface area contributed by atoms with E-state index in [-0.39, 0.29) is 6.10 Å². The van der Waals surface area contributed by atoms with Gasteiger partial charge in [-0.05, 0) is 49.1 Å². The Morgan fingerprint density at radius 2 is 2.09 bits per heavy atom. The molecule has 0 aromatic heterocycles. The van der Waals surface area contributed by atoms with Gasteiger partial charge in [0.25, 0.3) is 0 Å². The molecule has 2 fully saturated rings. The van der Waals surface area contributed by atoms with E-state index in [1.807, 2.05) is 23.9 Å². The topological polar surface area (TPSA) is 46.5 Å². The van der Waals surface area contributed by atoms with Crippen molar-refractivity contribution < 1.29 is 14.6 Å². The van der Waals surface area contributed by atoms with E-state index in [9.17, 15) is 9.90 Å². The van der Waals surface area contributed by atoms with Gasteiger partial charge < -0.3 is 9.84 Å². The lowest BCUT2D eigenvalue weighted by Gasteiger charge is -2.26. The number of halogens is 1. The molecule has 0 bridgehead atoms. The Kier molecular flexibility index (Phi) is 4.88. The van der Waals surface area contributed by atoms with Gasteiger partial charge in [-0.2, -0.15) is 11.8 Å². The van der Waals surface area contributed by atoms with Crippen LogP contribution in [0.4, 0.5) is 0 Å². The highest BCUT2D eigenvalue weighted by Gasteiger charge is 2.43. The number of benzene rings is 1. The van der Waals surface area contributed by atoms with Gasteiger partial charge >= 0.3 is 5.97 Å². The van der Waals surface area contributed by atoms with Crippen LogP contribution >= 0.6 is 23.4 Å². The summed E-state index contributed by atoms with van der Waals surface area (Å²) >= 11 is 8.28. The van der Waals surface area contributed by atoms with E-state index in [1.165, 1.54) is 12.2 Å². The number of ether oxygens (including phenoxy) is 1. The molecule has 2 aliphatic rings. The average Bonchev–Trinajstić information content (AvgIpc) is 3.01. The van der Waals surface area contributed by atoms with Gasteiger partial charge in [-0.1, -0.05) is 30.5 Å². The van der Waals surface area contributed by atoms with Crippen molar-refractivity contribution >= 4 is 29.3 Å². The Labute approximate surface area is 140 Å². The van der Waals surface area contributed by atoms with Gasteiger partial charge in [0.05, 0.1) is 10.4 Å². The smallest absolute Gasteiger partial charge is 0.314 e. The summed E-state index contributed by atoms with van der Waals surface area (Å²) in [5.74, 6) is 2.14. The van der Waals surface area contributed by atoms with Crippen molar-refractivity contribution in [3.63, 3.8) is 0 Å². The number of carboxylic acid groups (broad SMARTS) is 1. The minimum Gasteiger partial charge on any atom is -0.488 e. The van der Waals surface area contributed by atoms with Crippen LogP contribution in [0, 0.1) is 0 Å². The van der Waals surface area contributed by atoms with E-state index in [4.69, 9.17) is 16.3 Å². The fourth-order valence-electron chi connectivity index (χ4n) is 3.48. The molecular formula is C17H21ClO3S. The lowest BCUT2D eigenvalue weighted by molar-refractivity contribution is -0.143. The van der Waals surface area contributed by atoms with Crippen molar-refractivity contribution in [1.82, 2.24) is 0 Å². The Morgan fingerprint density at radius 3 is 2.68 bits per heavy atom. The van der Waals surface area contributed by atoms with Crippen molar-refractivity contribution in [3.8, 4) is 5.75 Å². The lowest BCUT2D eigenvalue weighted by atomic mass is 9.79. The first kappa shape index (κ1) is 16.0. The Hall–Kier alpha value is -0.870. The zero-order valence-electron chi connectivity index (χ0n) is 12.5. The Morgan fingerprint density at radius 1 is 1.32 bits per heavy atom. The van der Waals surface area contributed by atoms with E-state index in [2.05, 4.69) is 0 Å². The summed E-state index contributed by atoms with van der Waals surface area (Å²) < 4.78 is 6.00. The van der Waals surface area contributed by atoms with Crippen molar-refractivity contribution in [2.45, 2.75) is 50.0 Å². The van der Waals surface area contributed by atoms with Crippen molar-refractivity contribution in [2.24, 2.45) is 0 Å². The zero-order valence-corrected chi connectivity index (χ0v) is 14.1. The minimum absolute atomic E-state index is 0.210. The number of hydrogen-bond acceptors (Lipinski definition) is 3. The first-order chi connectivity index (χ1) is 10.6. The highest BCUT2D eigenvalue weighted by Crippen LogP contribution is 2.43. The van der Waals surface area contributed by atoms with Gasteiger partial charge in [0.1, 0.15) is 11.9 Å². The first-order valence-corrected chi connectivity index (χ1v) is 9.43. The predicted octanol–water partition coefficient (Wildman–Crippen LogP) is 4.51. The Bertz CT molecular complexity index is 549. The van der Waals surface area contributed by atoms with E-state index in [0.717, 1.165) is 30.6 Å².